The monoisotopic (exact) mass is 333 g/mol. The van der Waals surface area contributed by atoms with E-state index in [2.05, 4.69) is 52.1 Å². The minimum absolute atomic E-state index is 0.0637. The molecule has 3 nitrogen and oxygen atoms in total. The molecule has 1 atom stereocenters. The summed E-state index contributed by atoms with van der Waals surface area (Å²) in [6.07, 6.45) is 2.64. The van der Waals surface area contributed by atoms with Crippen LogP contribution in [0.3, 0.4) is 0 Å². The highest BCUT2D eigenvalue weighted by Crippen LogP contribution is 2.20. The standard InChI is InChI=1S/C21H35NO2/c1-15(2)10-20(11-16(3)4)21(24)22-13-18(14-23)12-19-9-7-6-8-17(19)5/h6-9,15-16,18,20,23H,10-14H2,1-5H3,(H,22,24). The first kappa shape index (κ1) is 20.7. The van der Waals surface area contributed by atoms with Crippen molar-refractivity contribution in [1.29, 1.82) is 0 Å². The largest absolute Gasteiger partial charge is 0.396 e. The predicted molar refractivity (Wildman–Crippen MR) is 101 cm³/mol. The van der Waals surface area contributed by atoms with E-state index in [1.54, 1.807) is 0 Å². The molecule has 1 amide bonds. The minimum Gasteiger partial charge on any atom is -0.396 e. The van der Waals surface area contributed by atoms with Crippen LogP contribution in [-0.4, -0.2) is 24.2 Å². The van der Waals surface area contributed by atoms with Crippen LogP contribution in [0.25, 0.3) is 0 Å². The van der Waals surface area contributed by atoms with E-state index in [-0.39, 0.29) is 24.3 Å². The minimum atomic E-state index is 0.0637. The van der Waals surface area contributed by atoms with Crippen LogP contribution in [0.1, 0.15) is 51.7 Å². The summed E-state index contributed by atoms with van der Waals surface area (Å²) >= 11 is 0. The average Bonchev–Trinajstić information content (AvgIpc) is 2.51. The summed E-state index contributed by atoms with van der Waals surface area (Å²) < 4.78 is 0. The van der Waals surface area contributed by atoms with E-state index in [1.807, 2.05) is 12.1 Å². The fourth-order valence-corrected chi connectivity index (χ4v) is 3.19. The maximum atomic E-state index is 12.6. The van der Waals surface area contributed by atoms with Gasteiger partial charge < -0.3 is 10.4 Å². The van der Waals surface area contributed by atoms with E-state index >= 15 is 0 Å². The van der Waals surface area contributed by atoms with E-state index in [9.17, 15) is 9.90 Å². The molecule has 0 aliphatic heterocycles. The van der Waals surface area contributed by atoms with Crippen molar-refractivity contribution < 1.29 is 9.90 Å². The third-order valence-electron chi connectivity index (χ3n) is 4.48. The molecule has 3 heteroatoms. The van der Waals surface area contributed by atoms with E-state index in [4.69, 9.17) is 0 Å². The van der Waals surface area contributed by atoms with Crippen molar-refractivity contribution in [2.24, 2.45) is 23.7 Å². The van der Waals surface area contributed by atoms with Crippen LogP contribution < -0.4 is 5.32 Å². The quantitative estimate of drug-likeness (QED) is 0.680. The molecule has 0 spiro atoms. The van der Waals surface area contributed by atoms with Crippen LogP contribution >= 0.6 is 0 Å². The number of rotatable bonds is 10. The van der Waals surface area contributed by atoms with Gasteiger partial charge in [0, 0.05) is 25.0 Å². The number of benzene rings is 1. The van der Waals surface area contributed by atoms with Gasteiger partial charge in [0.1, 0.15) is 0 Å². The van der Waals surface area contributed by atoms with Crippen LogP contribution in [-0.2, 0) is 11.2 Å². The molecule has 24 heavy (non-hydrogen) atoms. The number of aryl methyl sites for hydroxylation is 1. The van der Waals surface area contributed by atoms with E-state index in [0.717, 1.165) is 19.3 Å². The molecule has 0 radical (unpaired) electrons. The molecular formula is C21H35NO2. The Morgan fingerprint density at radius 1 is 1.08 bits per heavy atom. The molecule has 0 fully saturated rings. The number of hydrogen-bond donors (Lipinski definition) is 2. The van der Waals surface area contributed by atoms with Gasteiger partial charge >= 0.3 is 0 Å². The zero-order chi connectivity index (χ0) is 18.1. The molecule has 0 aliphatic carbocycles. The fraction of sp³-hybridized carbons (Fsp3) is 0.667. The second-order valence-electron chi connectivity index (χ2n) is 7.88. The first-order valence-corrected chi connectivity index (χ1v) is 9.26. The summed E-state index contributed by atoms with van der Waals surface area (Å²) in [6, 6.07) is 8.23. The Morgan fingerprint density at radius 2 is 1.67 bits per heavy atom. The molecule has 0 aromatic heterocycles. The Morgan fingerprint density at radius 3 is 2.17 bits per heavy atom. The van der Waals surface area contributed by atoms with Crippen LogP contribution in [0.4, 0.5) is 0 Å². The molecule has 1 aromatic carbocycles. The Labute approximate surface area is 147 Å². The third kappa shape index (κ3) is 7.48. The van der Waals surface area contributed by atoms with Crippen LogP contribution in [0.2, 0.25) is 0 Å². The van der Waals surface area contributed by atoms with Crippen molar-refractivity contribution in [3.8, 4) is 0 Å². The second kappa shape index (κ2) is 10.5. The van der Waals surface area contributed by atoms with Crippen molar-refractivity contribution in [3.63, 3.8) is 0 Å². The van der Waals surface area contributed by atoms with Gasteiger partial charge in [-0.05, 0) is 49.1 Å². The van der Waals surface area contributed by atoms with Gasteiger partial charge in [0.15, 0.2) is 0 Å². The van der Waals surface area contributed by atoms with Crippen LogP contribution in [0.15, 0.2) is 24.3 Å². The number of aliphatic hydroxyl groups excluding tert-OH is 1. The molecule has 0 saturated carbocycles. The van der Waals surface area contributed by atoms with Gasteiger partial charge in [-0.3, -0.25) is 4.79 Å². The van der Waals surface area contributed by atoms with Gasteiger partial charge in [-0.25, -0.2) is 0 Å². The van der Waals surface area contributed by atoms with Gasteiger partial charge in [-0.1, -0.05) is 52.0 Å². The highest BCUT2D eigenvalue weighted by Gasteiger charge is 2.22. The van der Waals surface area contributed by atoms with Crippen molar-refractivity contribution >= 4 is 5.91 Å². The second-order valence-corrected chi connectivity index (χ2v) is 7.88. The zero-order valence-electron chi connectivity index (χ0n) is 16.0. The predicted octanol–water partition coefficient (Wildman–Crippen LogP) is 3.97. The van der Waals surface area contributed by atoms with Gasteiger partial charge in [0.25, 0.3) is 0 Å². The molecule has 0 heterocycles. The van der Waals surface area contributed by atoms with Crippen molar-refractivity contribution in [2.75, 3.05) is 13.2 Å². The summed E-state index contributed by atoms with van der Waals surface area (Å²) in [5.41, 5.74) is 2.48. The number of aliphatic hydroxyl groups is 1. The fourth-order valence-electron chi connectivity index (χ4n) is 3.19. The SMILES string of the molecule is Cc1ccccc1CC(CO)CNC(=O)C(CC(C)C)CC(C)C. The maximum Gasteiger partial charge on any atom is 0.223 e. The number of carbonyl (C=O) groups excluding carboxylic acids is 1. The number of nitrogens with one attached hydrogen (secondary N) is 1. The molecule has 2 N–H and O–H groups in total. The van der Waals surface area contributed by atoms with Gasteiger partial charge in [-0.15, -0.1) is 0 Å². The Kier molecular flexibility index (Phi) is 9.05. The topological polar surface area (TPSA) is 49.3 Å². The summed E-state index contributed by atoms with van der Waals surface area (Å²) in [4.78, 5) is 12.6. The number of hydrogen-bond acceptors (Lipinski definition) is 2. The van der Waals surface area contributed by atoms with E-state index < -0.39 is 0 Å². The molecule has 0 aliphatic rings. The lowest BCUT2D eigenvalue weighted by Gasteiger charge is -2.22. The summed E-state index contributed by atoms with van der Waals surface area (Å²) in [6.45, 7) is 11.4. The summed E-state index contributed by atoms with van der Waals surface area (Å²) in [5, 5.41) is 12.8. The van der Waals surface area contributed by atoms with Gasteiger partial charge in [0.05, 0.1) is 0 Å². The summed E-state index contributed by atoms with van der Waals surface area (Å²) in [7, 11) is 0. The lowest BCUT2D eigenvalue weighted by molar-refractivity contribution is -0.126. The highest BCUT2D eigenvalue weighted by molar-refractivity contribution is 5.78. The lowest BCUT2D eigenvalue weighted by Crippen LogP contribution is -2.37. The number of amides is 1. The van der Waals surface area contributed by atoms with Crippen molar-refractivity contribution in [1.82, 2.24) is 5.32 Å². The van der Waals surface area contributed by atoms with Crippen molar-refractivity contribution in [3.05, 3.63) is 35.4 Å². The molecular weight excluding hydrogens is 298 g/mol. The van der Waals surface area contributed by atoms with Gasteiger partial charge in [-0.2, -0.15) is 0 Å². The van der Waals surface area contributed by atoms with E-state index in [1.165, 1.54) is 11.1 Å². The molecule has 0 saturated heterocycles. The Bertz CT molecular complexity index is 486. The maximum absolute atomic E-state index is 12.6. The molecule has 1 aromatic rings. The van der Waals surface area contributed by atoms with Crippen molar-refractivity contribution in [2.45, 2.75) is 53.9 Å². The third-order valence-corrected chi connectivity index (χ3v) is 4.48. The Balaban J connectivity index is 2.59. The van der Waals surface area contributed by atoms with Crippen LogP contribution in [0.5, 0.6) is 0 Å². The smallest absolute Gasteiger partial charge is 0.223 e. The van der Waals surface area contributed by atoms with Crippen LogP contribution in [0, 0.1) is 30.6 Å². The highest BCUT2D eigenvalue weighted by atomic mass is 16.3. The summed E-state index contributed by atoms with van der Waals surface area (Å²) in [5.74, 6) is 1.30. The number of carbonyl (C=O) groups is 1. The molecule has 136 valence electrons. The average molecular weight is 334 g/mol. The zero-order valence-corrected chi connectivity index (χ0v) is 16.0. The first-order chi connectivity index (χ1) is 11.3. The lowest BCUT2D eigenvalue weighted by atomic mass is 9.88. The normalized spacial score (nSPS) is 12.9. The first-order valence-electron chi connectivity index (χ1n) is 9.26. The molecule has 1 unspecified atom stereocenters. The molecule has 1 rings (SSSR count). The molecule has 0 bridgehead atoms. The Hall–Kier alpha value is -1.35. The van der Waals surface area contributed by atoms with Gasteiger partial charge in [0.2, 0.25) is 5.91 Å². The van der Waals surface area contributed by atoms with E-state index in [0.29, 0.717) is 18.4 Å².